The minimum atomic E-state index is -0.174. The summed E-state index contributed by atoms with van der Waals surface area (Å²) in [5.41, 5.74) is 4.18. The Morgan fingerprint density at radius 3 is 2.72 bits per heavy atom. The highest BCUT2D eigenvalue weighted by Crippen LogP contribution is 2.31. The second-order valence-corrected chi connectivity index (χ2v) is 8.54. The van der Waals surface area contributed by atoms with Crippen molar-refractivity contribution in [2.45, 2.75) is 51.7 Å². The maximum atomic E-state index is 9.83. The predicted octanol–water partition coefficient (Wildman–Crippen LogP) is 4.46. The van der Waals surface area contributed by atoms with Crippen LogP contribution in [0.25, 0.3) is 16.7 Å². The second-order valence-electron chi connectivity index (χ2n) is 8.54. The van der Waals surface area contributed by atoms with E-state index in [1.807, 2.05) is 29.1 Å². The van der Waals surface area contributed by atoms with E-state index in [1.165, 1.54) is 0 Å². The molecule has 0 atom stereocenters. The lowest BCUT2D eigenvalue weighted by Crippen LogP contribution is -2.20. The number of methoxy groups -OCH3 is 1. The van der Waals surface area contributed by atoms with Gasteiger partial charge in [0.1, 0.15) is 17.7 Å². The third-order valence-corrected chi connectivity index (χ3v) is 6.46. The molecular formula is C24H28N6O2. The Morgan fingerprint density at radius 1 is 1.12 bits per heavy atom. The number of nitrogens with one attached hydrogen (secondary N) is 1. The van der Waals surface area contributed by atoms with Gasteiger partial charge in [-0.1, -0.05) is 0 Å². The first kappa shape index (κ1) is 20.5. The highest BCUT2D eigenvalue weighted by atomic mass is 16.5. The van der Waals surface area contributed by atoms with Gasteiger partial charge in [-0.05, 0) is 62.8 Å². The molecule has 0 amide bonds. The fourth-order valence-corrected chi connectivity index (χ4v) is 4.44. The van der Waals surface area contributed by atoms with Crippen LogP contribution in [0.1, 0.15) is 42.9 Å². The van der Waals surface area contributed by atoms with E-state index < -0.39 is 0 Å². The molecule has 1 saturated carbocycles. The number of nitrogens with zero attached hydrogens (tertiary/aromatic N) is 5. The van der Waals surface area contributed by atoms with E-state index in [2.05, 4.69) is 46.0 Å². The highest BCUT2D eigenvalue weighted by molar-refractivity contribution is 5.76. The molecule has 2 N–H and O–H groups in total. The number of ether oxygens (including phenoxy) is 1. The Balaban J connectivity index is 1.39. The van der Waals surface area contributed by atoms with E-state index >= 15 is 0 Å². The molecule has 3 aromatic heterocycles. The zero-order valence-corrected chi connectivity index (χ0v) is 18.6. The molecule has 32 heavy (non-hydrogen) atoms. The maximum absolute atomic E-state index is 9.83. The predicted molar refractivity (Wildman–Crippen MR) is 124 cm³/mol. The van der Waals surface area contributed by atoms with Gasteiger partial charge in [0.05, 0.1) is 25.1 Å². The van der Waals surface area contributed by atoms with E-state index in [9.17, 15) is 5.11 Å². The van der Waals surface area contributed by atoms with Crippen LogP contribution >= 0.6 is 0 Å². The van der Waals surface area contributed by atoms with Crippen molar-refractivity contribution < 1.29 is 9.84 Å². The average molecular weight is 433 g/mol. The SMILES string of the molecule is COc1cc(-n2cnc(Nc3ncc4ccn(C5CCC(O)CC5)c4n3)c2)cc(C)c1C. The molecule has 0 unspecified atom stereocenters. The zero-order chi connectivity index (χ0) is 22.2. The molecule has 8 heteroatoms. The first-order chi connectivity index (χ1) is 15.5. The average Bonchev–Trinajstić information content (AvgIpc) is 3.43. The van der Waals surface area contributed by atoms with Crippen LogP contribution < -0.4 is 10.1 Å². The summed E-state index contributed by atoms with van der Waals surface area (Å²) >= 11 is 0. The number of aliphatic hydroxyl groups is 1. The smallest absolute Gasteiger partial charge is 0.230 e. The standard InChI is InChI=1S/C24H28N6O2/c1-15-10-19(11-21(32-3)16(15)2)29-13-22(26-14-29)27-24-25-12-17-8-9-30(23(17)28-24)18-4-6-20(31)7-5-18/h8-14,18,20,31H,4-7H2,1-3H3,(H,25,27,28). The molecule has 8 nitrogen and oxygen atoms in total. The summed E-state index contributed by atoms with van der Waals surface area (Å²) in [6.45, 7) is 4.13. The van der Waals surface area contributed by atoms with Crippen LogP contribution in [-0.2, 0) is 0 Å². The van der Waals surface area contributed by atoms with Gasteiger partial charge < -0.3 is 24.3 Å². The topological polar surface area (TPSA) is 90.0 Å². The molecule has 1 aliphatic carbocycles. The molecule has 5 rings (SSSR count). The van der Waals surface area contributed by atoms with Crippen molar-refractivity contribution in [2.75, 3.05) is 12.4 Å². The normalized spacial score (nSPS) is 18.8. The van der Waals surface area contributed by atoms with Gasteiger partial charge >= 0.3 is 0 Å². The highest BCUT2D eigenvalue weighted by Gasteiger charge is 2.22. The van der Waals surface area contributed by atoms with Crippen LogP contribution in [0.4, 0.5) is 11.8 Å². The molecule has 166 valence electrons. The molecule has 0 bridgehead atoms. The van der Waals surface area contributed by atoms with Gasteiger partial charge in [-0.25, -0.2) is 9.97 Å². The van der Waals surface area contributed by atoms with Crippen molar-refractivity contribution in [3.63, 3.8) is 0 Å². The number of rotatable bonds is 5. The lowest BCUT2D eigenvalue weighted by Gasteiger charge is -2.27. The number of aromatic nitrogens is 5. The van der Waals surface area contributed by atoms with Gasteiger partial charge in [-0.2, -0.15) is 4.98 Å². The van der Waals surface area contributed by atoms with Crippen molar-refractivity contribution >= 4 is 22.8 Å². The van der Waals surface area contributed by atoms with Crippen molar-refractivity contribution in [3.05, 3.63) is 54.2 Å². The Kier molecular flexibility index (Phi) is 5.30. The van der Waals surface area contributed by atoms with Gasteiger partial charge in [0.25, 0.3) is 0 Å². The van der Waals surface area contributed by atoms with Gasteiger partial charge in [-0.15, -0.1) is 0 Å². The van der Waals surface area contributed by atoms with E-state index in [1.54, 1.807) is 13.4 Å². The molecule has 0 saturated heterocycles. The summed E-state index contributed by atoms with van der Waals surface area (Å²) in [4.78, 5) is 13.7. The first-order valence-electron chi connectivity index (χ1n) is 11.0. The third-order valence-electron chi connectivity index (χ3n) is 6.46. The zero-order valence-electron chi connectivity index (χ0n) is 18.6. The largest absolute Gasteiger partial charge is 0.496 e. The fourth-order valence-electron chi connectivity index (χ4n) is 4.44. The van der Waals surface area contributed by atoms with E-state index in [0.29, 0.717) is 17.8 Å². The van der Waals surface area contributed by atoms with Gasteiger partial charge in [0, 0.05) is 29.9 Å². The van der Waals surface area contributed by atoms with Crippen molar-refractivity contribution in [1.82, 2.24) is 24.1 Å². The quantitative estimate of drug-likeness (QED) is 0.484. The van der Waals surface area contributed by atoms with E-state index in [-0.39, 0.29) is 6.10 Å². The first-order valence-corrected chi connectivity index (χ1v) is 11.0. The second kappa shape index (κ2) is 8.27. The number of aliphatic hydroxyl groups excluding tert-OH is 1. The maximum Gasteiger partial charge on any atom is 0.230 e. The summed E-state index contributed by atoms with van der Waals surface area (Å²) in [6.07, 6.45) is 11.0. The van der Waals surface area contributed by atoms with E-state index in [4.69, 9.17) is 9.72 Å². The van der Waals surface area contributed by atoms with Crippen LogP contribution in [0.2, 0.25) is 0 Å². The van der Waals surface area contributed by atoms with Gasteiger partial charge in [0.2, 0.25) is 5.95 Å². The summed E-state index contributed by atoms with van der Waals surface area (Å²) < 4.78 is 9.67. The van der Waals surface area contributed by atoms with Crippen molar-refractivity contribution in [1.29, 1.82) is 0 Å². The molecule has 0 radical (unpaired) electrons. The number of benzene rings is 1. The number of imidazole rings is 1. The molecular weight excluding hydrogens is 404 g/mol. The Bertz CT molecular complexity index is 1250. The molecule has 0 spiro atoms. The number of fused-ring (bicyclic) bond motifs is 1. The molecule has 0 aliphatic heterocycles. The molecule has 1 fully saturated rings. The Hall–Kier alpha value is -3.39. The molecule has 1 aliphatic rings. The number of hydrogen-bond acceptors (Lipinski definition) is 6. The van der Waals surface area contributed by atoms with Crippen LogP contribution in [0, 0.1) is 13.8 Å². The summed E-state index contributed by atoms with van der Waals surface area (Å²) in [6, 6.07) is 6.52. The monoisotopic (exact) mass is 432 g/mol. The van der Waals surface area contributed by atoms with Crippen molar-refractivity contribution in [2.24, 2.45) is 0 Å². The fraction of sp³-hybridized carbons (Fsp3) is 0.375. The minimum absolute atomic E-state index is 0.174. The molecule has 4 aromatic rings. The van der Waals surface area contributed by atoms with Crippen LogP contribution in [0.5, 0.6) is 5.75 Å². The van der Waals surface area contributed by atoms with Crippen LogP contribution in [0.3, 0.4) is 0 Å². The van der Waals surface area contributed by atoms with Gasteiger partial charge in [-0.3, -0.25) is 0 Å². The summed E-state index contributed by atoms with van der Waals surface area (Å²) in [5, 5.41) is 14.1. The summed E-state index contributed by atoms with van der Waals surface area (Å²) in [7, 11) is 1.69. The Morgan fingerprint density at radius 2 is 1.94 bits per heavy atom. The minimum Gasteiger partial charge on any atom is -0.496 e. The van der Waals surface area contributed by atoms with Crippen molar-refractivity contribution in [3.8, 4) is 11.4 Å². The number of aryl methyl sites for hydroxylation is 1. The molecule has 1 aromatic carbocycles. The third kappa shape index (κ3) is 3.82. The number of hydrogen-bond donors (Lipinski definition) is 2. The Labute approximate surface area is 186 Å². The van der Waals surface area contributed by atoms with Crippen LogP contribution in [-0.4, -0.2) is 42.4 Å². The molecule has 3 heterocycles. The number of anilines is 2. The lowest BCUT2D eigenvalue weighted by atomic mass is 9.93. The van der Waals surface area contributed by atoms with E-state index in [0.717, 1.165) is 59.3 Å². The van der Waals surface area contributed by atoms with Crippen LogP contribution in [0.15, 0.2) is 43.1 Å². The lowest BCUT2D eigenvalue weighted by molar-refractivity contribution is 0.111. The van der Waals surface area contributed by atoms with Gasteiger partial charge in [0.15, 0.2) is 5.82 Å². The summed E-state index contributed by atoms with van der Waals surface area (Å²) in [5.74, 6) is 2.03.